The molecule has 5 nitrogen and oxygen atoms in total. The molecule has 1 aliphatic heterocycles. The van der Waals surface area contributed by atoms with Crippen LogP contribution in [0.1, 0.15) is 25.0 Å². The third-order valence-electron chi connectivity index (χ3n) is 3.79. The van der Waals surface area contributed by atoms with Crippen LogP contribution in [0.2, 0.25) is 0 Å². The van der Waals surface area contributed by atoms with E-state index in [1.807, 2.05) is 11.0 Å². The van der Waals surface area contributed by atoms with Crippen LogP contribution in [-0.2, 0) is 17.8 Å². The minimum absolute atomic E-state index is 0. The summed E-state index contributed by atoms with van der Waals surface area (Å²) in [5.74, 6) is 1.33. The van der Waals surface area contributed by atoms with E-state index in [9.17, 15) is 4.79 Å². The van der Waals surface area contributed by atoms with Crippen molar-refractivity contribution in [3.05, 3.63) is 35.4 Å². The van der Waals surface area contributed by atoms with Crippen LogP contribution in [0.15, 0.2) is 29.3 Å². The highest BCUT2D eigenvalue weighted by molar-refractivity contribution is 14.0. The topological polar surface area (TPSA) is 56.7 Å². The molecule has 0 unspecified atom stereocenters. The summed E-state index contributed by atoms with van der Waals surface area (Å²) in [6, 6.07) is 8.34. The Labute approximate surface area is 156 Å². The number of carbonyl (C=O) groups is 1. The van der Waals surface area contributed by atoms with Crippen molar-refractivity contribution in [2.45, 2.75) is 26.8 Å². The van der Waals surface area contributed by atoms with E-state index in [0.29, 0.717) is 18.4 Å². The number of carbonyl (C=O) groups excluding carboxylic acids is 1. The monoisotopic (exact) mass is 430 g/mol. The van der Waals surface area contributed by atoms with Gasteiger partial charge >= 0.3 is 0 Å². The van der Waals surface area contributed by atoms with E-state index in [-0.39, 0.29) is 36.4 Å². The van der Waals surface area contributed by atoms with Gasteiger partial charge in [-0.1, -0.05) is 38.1 Å². The largest absolute Gasteiger partial charge is 0.356 e. The van der Waals surface area contributed by atoms with Gasteiger partial charge in [0.2, 0.25) is 5.91 Å². The van der Waals surface area contributed by atoms with Crippen molar-refractivity contribution in [2.75, 3.05) is 26.7 Å². The van der Waals surface area contributed by atoms with Crippen molar-refractivity contribution < 1.29 is 4.79 Å². The molecule has 0 spiro atoms. The molecule has 1 heterocycles. The van der Waals surface area contributed by atoms with Gasteiger partial charge in [0, 0.05) is 26.7 Å². The number of aliphatic imine (C=N–C) groups is 1. The van der Waals surface area contributed by atoms with Crippen molar-refractivity contribution in [2.24, 2.45) is 10.9 Å². The van der Waals surface area contributed by atoms with Gasteiger partial charge in [-0.2, -0.15) is 0 Å². The first-order valence-corrected chi connectivity index (χ1v) is 7.89. The molecule has 2 N–H and O–H groups in total. The van der Waals surface area contributed by atoms with Gasteiger partial charge in [-0.05, 0) is 23.5 Å². The van der Waals surface area contributed by atoms with Gasteiger partial charge in [0.1, 0.15) is 0 Å². The molecule has 1 amide bonds. The normalized spacial score (nSPS) is 14.1. The number of hydrogen-bond donors (Lipinski definition) is 2. The minimum Gasteiger partial charge on any atom is -0.356 e. The van der Waals surface area contributed by atoms with Crippen LogP contribution in [0.3, 0.4) is 0 Å². The first-order valence-electron chi connectivity index (χ1n) is 7.89. The fourth-order valence-electron chi connectivity index (χ4n) is 2.50. The van der Waals surface area contributed by atoms with Crippen molar-refractivity contribution >= 4 is 35.8 Å². The van der Waals surface area contributed by atoms with Crippen molar-refractivity contribution in [1.82, 2.24) is 15.5 Å². The van der Waals surface area contributed by atoms with E-state index < -0.39 is 0 Å². The molecule has 0 radical (unpaired) electrons. The van der Waals surface area contributed by atoms with Crippen LogP contribution < -0.4 is 10.6 Å². The van der Waals surface area contributed by atoms with Crippen LogP contribution in [0.4, 0.5) is 0 Å². The van der Waals surface area contributed by atoms with Crippen LogP contribution in [0, 0.1) is 5.92 Å². The molecular formula is C17H27IN4O. The molecular weight excluding hydrogens is 403 g/mol. The third-order valence-corrected chi connectivity index (χ3v) is 3.79. The van der Waals surface area contributed by atoms with E-state index in [4.69, 9.17) is 0 Å². The summed E-state index contributed by atoms with van der Waals surface area (Å²) < 4.78 is 0. The van der Waals surface area contributed by atoms with Crippen molar-refractivity contribution in [3.63, 3.8) is 0 Å². The smallest absolute Gasteiger partial charge is 0.242 e. The van der Waals surface area contributed by atoms with E-state index in [1.54, 1.807) is 7.05 Å². The Balaban J connectivity index is 0.00000264. The average molecular weight is 430 g/mol. The van der Waals surface area contributed by atoms with Gasteiger partial charge in [0.15, 0.2) is 5.96 Å². The summed E-state index contributed by atoms with van der Waals surface area (Å²) in [4.78, 5) is 18.4. The van der Waals surface area contributed by atoms with Crippen LogP contribution >= 0.6 is 24.0 Å². The molecule has 2 rings (SSSR count). The van der Waals surface area contributed by atoms with Gasteiger partial charge in [-0.15, -0.1) is 24.0 Å². The van der Waals surface area contributed by atoms with Crippen LogP contribution in [-0.4, -0.2) is 43.4 Å². The summed E-state index contributed by atoms with van der Waals surface area (Å²) in [7, 11) is 1.72. The Bertz CT molecular complexity index is 545. The quantitative estimate of drug-likeness (QED) is 0.437. The fourth-order valence-corrected chi connectivity index (χ4v) is 2.50. The summed E-state index contributed by atoms with van der Waals surface area (Å²) in [5, 5.41) is 6.30. The summed E-state index contributed by atoms with van der Waals surface area (Å²) in [5.41, 5.74) is 2.61. The Morgan fingerprint density at radius 3 is 2.61 bits per heavy atom. The number of amides is 1. The Hall–Kier alpha value is -1.31. The summed E-state index contributed by atoms with van der Waals surface area (Å²) in [6.07, 6.45) is 0.933. The second-order valence-electron chi connectivity index (χ2n) is 6.03. The van der Waals surface area contributed by atoms with Gasteiger partial charge in [-0.25, -0.2) is 0 Å². The number of nitrogens with one attached hydrogen (secondary N) is 2. The second kappa shape index (κ2) is 9.75. The van der Waals surface area contributed by atoms with Gasteiger partial charge < -0.3 is 15.5 Å². The highest BCUT2D eigenvalue weighted by Crippen LogP contribution is 2.18. The number of hydrogen-bond acceptors (Lipinski definition) is 2. The van der Waals surface area contributed by atoms with E-state index in [2.05, 4.69) is 47.7 Å². The molecule has 0 bridgehead atoms. The lowest BCUT2D eigenvalue weighted by Crippen LogP contribution is -2.46. The molecule has 6 heteroatoms. The zero-order valence-electron chi connectivity index (χ0n) is 14.1. The number of benzene rings is 1. The lowest BCUT2D eigenvalue weighted by atomic mass is 10.00. The fraction of sp³-hybridized carbons (Fsp3) is 0.529. The molecule has 1 aromatic rings. The first-order chi connectivity index (χ1) is 10.6. The number of nitrogens with zero attached hydrogens (tertiary/aromatic N) is 2. The SMILES string of the molecule is CN=C(NCC(=O)N1CCc2ccccc2C1)NCC(C)C.I. The zero-order valence-corrected chi connectivity index (χ0v) is 16.5. The molecule has 128 valence electrons. The average Bonchev–Trinajstić information content (AvgIpc) is 2.54. The maximum absolute atomic E-state index is 12.3. The number of halogens is 1. The minimum atomic E-state index is 0. The summed E-state index contributed by atoms with van der Waals surface area (Å²) >= 11 is 0. The van der Waals surface area contributed by atoms with Crippen LogP contribution in [0.25, 0.3) is 0 Å². The summed E-state index contributed by atoms with van der Waals surface area (Å²) in [6.45, 7) is 6.88. The molecule has 0 aromatic heterocycles. The lowest BCUT2D eigenvalue weighted by molar-refractivity contribution is -0.130. The number of guanidine groups is 1. The highest BCUT2D eigenvalue weighted by atomic mass is 127. The molecule has 0 saturated carbocycles. The predicted octanol–water partition coefficient (Wildman–Crippen LogP) is 2.01. The van der Waals surface area contributed by atoms with E-state index in [0.717, 1.165) is 19.5 Å². The standard InChI is InChI=1S/C17H26N4O.HI/c1-13(2)10-19-17(18-3)20-11-16(22)21-9-8-14-6-4-5-7-15(14)12-21;/h4-7,13H,8-12H2,1-3H3,(H2,18,19,20);1H. The van der Waals surface area contributed by atoms with Gasteiger partial charge in [-0.3, -0.25) is 9.79 Å². The Morgan fingerprint density at radius 2 is 1.96 bits per heavy atom. The Morgan fingerprint density at radius 1 is 1.26 bits per heavy atom. The third kappa shape index (κ3) is 6.01. The molecule has 1 aromatic carbocycles. The first kappa shape index (κ1) is 19.7. The van der Waals surface area contributed by atoms with Crippen molar-refractivity contribution in [3.8, 4) is 0 Å². The second-order valence-corrected chi connectivity index (χ2v) is 6.03. The molecule has 0 saturated heterocycles. The lowest BCUT2D eigenvalue weighted by Gasteiger charge is -2.29. The predicted molar refractivity (Wildman–Crippen MR) is 105 cm³/mol. The van der Waals surface area contributed by atoms with E-state index in [1.165, 1.54) is 11.1 Å². The highest BCUT2D eigenvalue weighted by Gasteiger charge is 2.20. The number of rotatable bonds is 4. The maximum Gasteiger partial charge on any atom is 0.242 e. The molecule has 23 heavy (non-hydrogen) atoms. The Kier molecular flexibility index (Phi) is 8.36. The molecule has 0 atom stereocenters. The van der Waals surface area contributed by atoms with Crippen LogP contribution in [0.5, 0.6) is 0 Å². The molecule has 0 fully saturated rings. The van der Waals surface area contributed by atoms with E-state index >= 15 is 0 Å². The van der Waals surface area contributed by atoms with Crippen molar-refractivity contribution in [1.29, 1.82) is 0 Å². The molecule has 0 aliphatic carbocycles. The number of fused-ring (bicyclic) bond motifs is 1. The molecule has 1 aliphatic rings. The zero-order chi connectivity index (χ0) is 15.9. The maximum atomic E-state index is 12.3. The van der Waals surface area contributed by atoms with Gasteiger partial charge in [0.05, 0.1) is 6.54 Å². The van der Waals surface area contributed by atoms with Gasteiger partial charge in [0.25, 0.3) is 0 Å².